The largest absolute Gasteiger partial charge is 0.346 e. The molecule has 0 spiro atoms. The van der Waals surface area contributed by atoms with Crippen molar-refractivity contribution < 1.29 is 4.79 Å². The van der Waals surface area contributed by atoms with Crippen molar-refractivity contribution in [2.24, 2.45) is 0 Å². The van der Waals surface area contributed by atoms with Gasteiger partial charge in [-0.25, -0.2) is 19.7 Å². The molecule has 2 aromatic rings. The highest BCUT2D eigenvalue weighted by Gasteiger charge is 2.20. The predicted molar refractivity (Wildman–Crippen MR) is 86.3 cm³/mol. The number of aryl methyl sites for hydroxylation is 1. The zero-order valence-electron chi connectivity index (χ0n) is 12.4. The van der Waals surface area contributed by atoms with E-state index in [0.29, 0.717) is 18.2 Å². The maximum absolute atomic E-state index is 12.3. The summed E-state index contributed by atoms with van der Waals surface area (Å²) in [6, 6.07) is 1.59. The van der Waals surface area contributed by atoms with E-state index in [9.17, 15) is 4.79 Å². The minimum absolute atomic E-state index is 0.112. The topological polar surface area (TPSA) is 74.2 Å². The number of anilines is 2. The molecule has 2 amide bonds. The van der Waals surface area contributed by atoms with Crippen LogP contribution in [0.15, 0.2) is 23.8 Å². The van der Waals surface area contributed by atoms with Gasteiger partial charge >= 0.3 is 6.03 Å². The van der Waals surface area contributed by atoms with Crippen molar-refractivity contribution in [1.82, 2.24) is 19.9 Å². The zero-order valence-corrected chi connectivity index (χ0v) is 13.2. The van der Waals surface area contributed by atoms with E-state index in [-0.39, 0.29) is 6.03 Å². The second-order valence-electron chi connectivity index (χ2n) is 5.06. The van der Waals surface area contributed by atoms with Gasteiger partial charge in [0.1, 0.15) is 11.6 Å². The molecule has 3 rings (SSSR count). The van der Waals surface area contributed by atoms with Gasteiger partial charge in [-0.3, -0.25) is 5.32 Å². The number of thiazole rings is 1. The first-order valence-corrected chi connectivity index (χ1v) is 8.10. The Morgan fingerprint density at radius 1 is 1.23 bits per heavy atom. The summed E-state index contributed by atoms with van der Waals surface area (Å²) in [6.45, 7) is 4.92. The normalized spacial score (nSPS) is 15.5. The summed E-state index contributed by atoms with van der Waals surface area (Å²) in [5.74, 6) is 1.18. The van der Waals surface area contributed by atoms with Crippen LogP contribution >= 0.6 is 11.3 Å². The van der Waals surface area contributed by atoms with Crippen molar-refractivity contribution in [2.45, 2.75) is 13.3 Å². The Hall–Kier alpha value is -2.22. The van der Waals surface area contributed by atoms with Gasteiger partial charge < -0.3 is 9.80 Å². The Morgan fingerprint density at radius 2 is 2.14 bits per heavy atom. The number of nitrogens with one attached hydrogen (secondary N) is 1. The standard InChI is InChI=1S/C14H18N6OS/c1-11-15-4-3-12(17-11)18-13(21)19-6-2-7-20(9-8-19)14-16-5-10-22-14/h3-5,10H,2,6-9H2,1H3,(H,15,17,18,21). The number of carbonyl (C=O) groups excluding carboxylic acids is 1. The third-order valence-electron chi connectivity index (χ3n) is 3.48. The molecule has 0 saturated carbocycles. The lowest BCUT2D eigenvalue weighted by atomic mass is 10.4. The van der Waals surface area contributed by atoms with Crippen LogP contribution in [0.5, 0.6) is 0 Å². The molecular weight excluding hydrogens is 300 g/mol. The van der Waals surface area contributed by atoms with Crippen molar-refractivity contribution in [3.63, 3.8) is 0 Å². The summed E-state index contributed by atoms with van der Waals surface area (Å²) in [5, 5.41) is 5.83. The van der Waals surface area contributed by atoms with Crippen LogP contribution in [0.3, 0.4) is 0 Å². The Labute approximate surface area is 133 Å². The zero-order chi connectivity index (χ0) is 15.4. The molecule has 1 aliphatic rings. The van der Waals surface area contributed by atoms with Gasteiger partial charge in [0.25, 0.3) is 0 Å². The van der Waals surface area contributed by atoms with E-state index in [1.807, 2.05) is 16.5 Å². The lowest BCUT2D eigenvalue weighted by molar-refractivity contribution is 0.215. The van der Waals surface area contributed by atoms with Crippen LogP contribution in [0.4, 0.5) is 15.7 Å². The molecule has 0 atom stereocenters. The third kappa shape index (κ3) is 3.51. The second kappa shape index (κ2) is 6.69. The number of hydrogen-bond acceptors (Lipinski definition) is 6. The molecule has 0 radical (unpaired) electrons. The average Bonchev–Trinajstić information content (AvgIpc) is 2.92. The number of amides is 2. The second-order valence-corrected chi connectivity index (χ2v) is 5.93. The number of carbonyl (C=O) groups is 1. The van der Waals surface area contributed by atoms with Crippen LogP contribution in [-0.2, 0) is 0 Å². The summed E-state index contributed by atoms with van der Waals surface area (Å²) < 4.78 is 0. The SMILES string of the molecule is Cc1nccc(NC(=O)N2CCCN(c3nccs3)CC2)n1. The first kappa shape index (κ1) is 14.7. The van der Waals surface area contributed by atoms with Crippen LogP contribution in [0.2, 0.25) is 0 Å². The summed E-state index contributed by atoms with van der Waals surface area (Å²) in [5.41, 5.74) is 0. The highest BCUT2D eigenvalue weighted by molar-refractivity contribution is 7.13. The molecule has 1 saturated heterocycles. The molecule has 0 aliphatic carbocycles. The van der Waals surface area contributed by atoms with Crippen molar-refractivity contribution in [3.8, 4) is 0 Å². The van der Waals surface area contributed by atoms with Gasteiger partial charge in [-0.2, -0.15) is 0 Å². The van der Waals surface area contributed by atoms with E-state index in [2.05, 4.69) is 25.2 Å². The van der Waals surface area contributed by atoms with E-state index in [0.717, 1.165) is 31.2 Å². The molecule has 8 heteroatoms. The molecule has 0 unspecified atom stereocenters. The Morgan fingerprint density at radius 3 is 2.91 bits per heavy atom. The fourth-order valence-electron chi connectivity index (χ4n) is 2.40. The van der Waals surface area contributed by atoms with Gasteiger partial charge in [0.05, 0.1) is 0 Å². The molecule has 2 aromatic heterocycles. The lowest BCUT2D eigenvalue weighted by Crippen LogP contribution is -2.38. The van der Waals surface area contributed by atoms with E-state index in [1.165, 1.54) is 0 Å². The smallest absolute Gasteiger partial charge is 0.323 e. The van der Waals surface area contributed by atoms with Gasteiger partial charge in [-0.15, -0.1) is 11.3 Å². The Balaban J connectivity index is 1.59. The minimum Gasteiger partial charge on any atom is -0.346 e. The monoisotopic (exact) mass is 318 g/mol. The maximum atomic E-state index is 12.3. The van der Waals surface area contributed by atoms with Crippen LogP contribution < -0.4 is 10.2 Å². The van der Waals surface area contributed by atoms with Gasteiger partial charge in [-0.1, -0.05) is 0 Å². The summed E-state index contributed by atoms with van der Waals surface area (Å²) in [4.78, 5) is 29.0. The van der Waals surface area contributed by atoms with Crippen molar-refractivity contribution >= 4 is 28.3 Å². The molecule has 1 fully saturated rings. The molecule has 7 nitrogen and oxygen atoms in total. The summed E-state index contributed by atoms with van der Waals surface area (Å²) in [6.07, 6.45) is 4.38. The molecule has 116 valence electrons. The summed E-state index contributed by atoms with van der Waals surface area (Å²) in [7, 11) is 0. The highest BCUT2D eigenvalue weighted by Crippen LogP contribution is 2.19. The Bertz CT molecular complexity index is 632. The number of rotatable bonds is 2. The van der Waals surface area contributed by atoms with E-state index in [1.54, 1.807) is 30.5 Å². The highest BCUT2D eigenvalue weighted by atomic mass is 32.1. The third-order valence-corrected chi connectivity index (χ3v) is 4.32. The lowest BCUT2D eigenvalue weighted by Gasteiger charge is -2.21. The van der Waals surface area contributed by atoms with E-state index >= 15 is 0 Å². The number of urea groups is 1. The molecule has 1 aliphatic heterocycles. The van der Waals surface area contributed by atoms with E-state index < -0.39 is 0 Å². The number of nitrogens with zero attached hydrogens (tertiary/aromatic N) is 5. The van der Waals surface area contributed by atoms with Crippen LogP contribution in [-0.4, -0.2) is 52.1 Å². The van der Waals surface area contributed by atoms with Crippen LogP contribution in [0.1, 0.15) is 12.2 Å². The molecule has 1 N–H and O–H groups in total. The van der Waals surface area contributed by atoms with Gasteiger partial charge in [-0.05, 0) is 19.4 Å². The molecule has 0 bridgehead atoms. The van der Waals surface area contributed by atoms with Gasteiger partial charge in [0.2, 0.25) is 0 Å². The molecule has 3 heterocycles. The molecular formula is C14H18N6OS. The van der Waals surface area contributed by atoms with Crippen molar-refractivity contribution in [2.75, 3.05) is 36.4 Å². The number of aromatic nitrogens is 3. The Kier molecular flexibility index (Phi) is 4.47. The number of hydrogen-bond donors (Lipinski definition) is 1. The molecule has 22 heavy (non-hydrogen) atoms. The van der Waals surface area contributed by atoms with Gasteiger partial charge in [0, 0.05) is 44.0 Å². The van der Waals surface area contributed by atoms with Gasteiger partial charge in [0.15, 0.2) is 5.13 Å². The first-order chi connectivity index (χ1) is 10.7. The van der Waals surface area contributed by atoms with Crippen LogP contribution in [0.25, 0.3) is 0 Å². The minimum atomic E-state index is -0.112. The first-order valence-electron chi connectivity index (χ1n) is 7.22. The maximum Gasteiger partial charge on any atom is 0.323 e. The van der Waals surface area contributed by atoms with Crippen LogP contribution in [0, 0.1) is 6.92 Å². The van der Waals surface area contributed by atoms with Crippen molar-refractivity contribution in [1.29, 1.82) is 0 Å². The van der Waals surface area contributed by atoms with Crippen molar-refractivity contribution in [3.05, 3.63) is 29.7 Å². The fourth-order valence-corrected chi connectivity index (χ4v) is 3.10. The van der Waals surface area contributed by atoms with E-state index in [4.69, 9.17) is 0 Å². The fraction of sp³-hybridized carbons (Fsp3) is 0.429. The predicted octanol–water partition coefficient (Wildman–Crippen LogP) is 1.99. The average molecular weight is 318 g/mol. The molecule has 0 aromatic carbocycles. The summed E-state index contributed by atoms with van der Waals surface area (Å²) >= 11 is 1.63. The quantitative estimate of drug-likeness (QED) is 0.916.